The van der Waals surface area contributed by atoms with E-state index in [9.17, 15) is 4.79 Å². The molecule has 4 heteroatoms. The molecule has 0 aliphatic rings. The van der Waals surface area contributed by atoms with Crippen molar-refractivity contribution in [2.45, 2.75) is 20.4 Å². The summed E-state index contributed by atoms with van der Waals surface area (Å²) in [5, 5.41) is 4.02. The van der Waals surface area contributed by atoms with Crippen molar-refractivity contribution in [2.75, 3.05) is 6.54 Å². The maximum absolute atomic E-state index is 12.3. The van der Waals surface area contributed by atoms with Crippen LogP contribution < -0.4 is 0 Å². The minimum absolute atomic E-state index is 0.147. The molecule has 0 N–H and O–H groups in total. The van der Waals surface area contributed by atoms with Crippen LogP contribution in [0.2, 0.25) is 0 Å². The van der Waals surface area contributed by atoms with Gasteiger partial charge in [0.1, 0.15) is 0 Å². The van der Waals surface area contributed by atoms with E-state index in [4.69, 9.17) is 0 Å². The Bertz CT molecular complexity index is 487. The largest absolute Gasteiger partial charge is 0.333 e. The van der Waals surface area contributed by atoms with Gasteiger partial charge in [0.2, 0.25) is 0 Å². The zero-order valence-electron chi connectivity index (χ0n) is 9.97. The summed E-state index contributed by atoms with van der Waals surface area (Å²) in [6.45, 7) is 5.47. The molecule has 2 aromatic heterocycles. The van der Waals surface area contributed by atoms with E-state index >= 15 is 0 Å². The van der Waals surface area contributed by atoms with E-state index in [0.29, 0.717) is 6.54 Å². The summed E-state index contributed by atoms with van der Waals surface area (Å²) in [6, 6.07) is 6.09. The highest BCUT2D eigenvalue weighted by atomic mass is 32.1. The quantitative estimate of drug-likeness (QED) is 0.824. The fourth-order valence-corrected chi connectivity index (χ4v) is 3.26. The molecule has 0 aromatic carbocycles. The van der Waals surface area contributed by atoms with Gasteiger partial charge in [-0.2, -0.15) is 0 Å². The van der Waals surface area contributed by atoms with Gasteiger partial charge in [-0.15, -0.1) is 22.7 Å². The number of amides is 1. The summed E-state index contributed by atoms with van der Waals surface area (Å²) in [6.07, 6.45) is 0. The molecule has 1 amide bonds. The van der Waals surface area contributed by atoms with Crippen LogP contribution in [-0.2, 0) is 6.54 Å². The number of hydrogen-bond acceptors (Lipinski definition) is 3. The van der Waals surface area contributed by atoms with Crippen LogP contribution in [0.3, 0.4) is 0 Å². The van der Waals surface area contributed by atoms with Crippen LogP contribution in [0, 0.1) is 6.92 Å². The lowest BCUT2D eigenvalue weighted by molar-refractivity contribution is 0.0758. The number of carbonyl (C=O) groups is 1. The Labute approximate surface area is 110 Å². The first-order valence-corrected chi connectivity index (χ1v) is 7.34. The smallest absolute Gasteiger partial charge is 0.264 e. The van der Waals surface area contributed by atoms with E-state index in [1.165, 1.54) is 16.2 Å². The van der Waals surface area contributed by atoms with Crippen molar-refractivity contribution in [3.63, 3.8) is 0 Å². The van der Waals surface area contributed by atoms with Crippen molar-refractivity contribution >= 4 is 28.6 Å². The topological polar surface area (TPSA) is 20.3 Å². The lowest BCUT2D eigenvalue weighted by Crippen LogP contribution is -2.29. The van der Waals surface area contributed by atoms with E-state index in [1.54, 1.807) is 11.3 Å². The second-order valence-corrected chi connectivity index (χ2v) is 5.78. The Morgan fingerprint density at radius 3 is 2.65 bits per heavy atom. The predicted molar refractivity (Wildman–Crippen MR) is 73.8 cm³/mol. The molecule has 0 radical (unpaired) electrons. The van der Waals surface area contributed by atoms with Gasteiger partial charge in [0.05, 0.1) is 11.4 Å². The van der Waals surface area contributed by atoms with Crippen LogP contribution >= 0.6 is 22.7 Å². The van der Waals surface area contributed by atoms with Gasteiger partial charge in [-0.1, -0.05) is 6.07 Å². The Hall–Kier alpha value is -1.13. The molecule has 0 bridgehead atoms. The highest BCUT2D eigenvalue weighted by molar-refractivity contribution is 7.12. The fraction of sp³-hybridized carbons (Fsp3) is 0.308. The lowest BCUT2D eigenvalue weighted by atomic mass is 10.2. The third-order valence-corrected chi connectivity index (χ3v) is 4.52. The van der Waals surface area contributed by atoms with Crippen LogP contribution in [-0.4, -0.2) is 17.4 Å². The summed E-state index contributed by atoms with van der Waals surface area (Å²) >= 11 is 3.22. The Morgan fingerprint density at radius 1 is 1.29 bits per heavy atom. The molecular weight excluding hydrogens is 250 g/mol. The monoisotopic (exact) mass is 265 g/mol. The average molecular weight is 265 g/mol. The first-order chi connectivity index (χ1) is 8.22. The number of thiophene rings is 2. The first kappa shape index (κ1) is 12.3. The third-order valence-electron chi connectivity index (χ3n) is 2.65. The molecule has 2 aromatic rings. The van der Waals surface area contributed by atoms with Gasteiger partial charge in [0.25, 0.3) is 5.91 Å². The normalized spacial score (nSPS) is 10.5. The van der Waals surface area contributed by atoms with E-state index < -0.39 is 0 Å². The van der Waals surface area contributed by atoms with Gasteiger partial charge >= 0.3 is 0 Å². The lowest BCUT2D eigenvalue weighted by Gasteiger charge is -2.19. The van der Waals surface area contributed by atoms with Crippen molar-refractivity contribution in [1.29, 1.82) is 0 Å². The Kier molecular flexibility index (Phi) is 3.97. The van der Waals surface area contributed by atoms with E-state index in [2.05, 4.69) is 6.07 Å². The van der Waals surface area contributed by atoms with Crippen LogP contribution in [0.15, 0.2) is 29.0 Å². The molecule has 0 spiro atoms. The molecule has 0 aliphatic carbocycles. The van der Waals surface area contributed by atoms with Gasteiger partial charge in [-0.3, -0.25) is 4.79 Å². The van der Waals surface area contributed by atoms with Crippen molar-refractivity contribution < 1.29 is 4.79 Å². The average Bonchev–Trinajstić information content (AvgIpc) is 2.96. The van der Waals surface area contributed by atoms with Crippen molar-refractivity contribution in [3.8, 4) is 0 Å². The minimum atomic E-state index is 0.147. The van der Waals surface area contributed by atoms with Crippen LogP contribution in [0.4, 0.5) is 0 Å². The summed E-state index contributed by atoms with van der Waals surface area (Å²) in [5.74, 6) is 0.147. The van der Waals surface area contributed by atoms with Gasteiger partial charge < -0.3 is 4.90 Å². The van der Waals surface area contributed by atoms with Crippen molar-refractivity contribution in [1.82, 2.24) is 4.90 Å². The SMILES string of the molecule is CCN(Cc1cccs1)C(=O)c1sccc1C. The molecule has 2 heterocycles. The second-order valence-electron chi connectivity index (χ2n) is 3.83. The van der Waals surface area contributed by atoms with Crippen LogP contribution in [0.5, 0.6) is 0 Å². The summed E-state index contributed by atoms with van der Waals surface area (Å²) in [5.41, 5.74) is 1.07. The standard InChI is InChI=1S/C13H15NOS2/c1-3-14(9-11-5-4-7-16-11)13(15)12-10(2)6-8-17-12/h4-8H,3,9H2,1-2H3. The molecule has 0 atom stereocenters. The zero-order valence-corrected chi connectivity index (χ0v) is 11.6. The number of hydrogen-bond donors (Lipinski definition) is 0. The summed E-state index contributed by atoms with van der Waals surface area (Å²) in [7, 11) is 0. The minimum Gasteiger partial charge on any atom is -0.333 e. The van der Waals surface area contributed by atoms with Crippen molar-refractivity contribution in [3.05, 3.63) is 44.3 Å². The van der Waals surface area contributed by atoms with E-state index in [-0.39, 0.29) is 5.91 Å². The van der Waals surface area contributed by atoms with Crippen LogP contribution in [0.25, 0.3) is 0 Å². The van der Waals surface area contributed by atoms with Crippen LogP contribution in [0.1, 0.15) is 27.0 Å². The zero-order chi connectivity index (χ0) is 12.3. The maximum atomic E-state index is 12.3. The molecule has 17 heavy (non-hydrogen) atoms. The van der Waals surface area contributed by atoms with Gasteiger partial charge in [0.15, 0.2) is 0 Å². The van der Waals surface area contributed by atoms with Gasteiger partial charge in [-0.25, -0.2) is 0 Å². The van der Waals surface area contributed by atoms with Gasteiger partial charge in [0, 0.05) is 11.4 Å². The number of rotatable bonds is 4. The van der Waals surface area contributed by atoms with E-state index in [1.807, 2.05) is 41.6 Å². The molecule has 0 unspecified atom stereocenters. The number of aryl methyl sites for hydroxylation is 1. The predicted octanol–water partition coefficient (Wildman–Crippen LogP) is 3.78. The summed E-state index contributed by atoms with van der Waals surface area (Å²) < 4.78 is 0. The van der Waals surface area contributed by atoms with Crippen molar-refractivity contribution in [2.24, 2.45) is 0 Å². The number of carbonyl (C=O) groups excluding carboxylic acids is 1. The summed E-state index contributed by atoms with van der Waals surface area (Å²) in [4.78, 5) is 16.3. The highest BCUT2D eigenvalue weighted by Crippen LogP contribution is 2.20. The molecular formula is C13H15NOS2. The highest BCUT2D eigenvalue weighted by Gasteiger charge is 2.17. The molecule has 0 saturated heterocycles. The molecule has 90 valence electrons. The second kappa shape index (κ2) is 5.47. The Morgan fingerprint density at radius 2 is 2.12 bits per heavy atom. The Balaban J connectivity index is 2.14. The molecule has 2 nitrogen and oxygen atoms in total. The number of nitrogens with zero attached hydrogens (tertiary/aromatic N) is 1. The first-order valence-electron chi connectivity index (χ1n) is 5.58. The third kappa shape index (κ3) is 2.76. The van der Waals surface area contributed by atoms with Gasteiger partial charge in [-0.05, 0) is 42.3 Å². The molecule has 0 fully saturated rings. The molecule has 0 saturated carbocycles. The molecule has 2 rings (SSSR count). The fourth-order valence-electron chi connectivity index (χ4n) is 1.65. The molecule has 0 aliphatic heterocycles. The van der Waals surface area contributed by atoms with E-state index in [0.717, 1.165) is 17.0 Å². The maximum Gasteiger partial charge on any atom is 0.264 e.